The molecule has 1 aromatic rings. The third-order valence-electron chi connectivity index (χ3n) is 3.90. The van der Waals surface area contributed by atoms with Crippen LogP contribution in [0.1, 0.15) is 33.9 Å². The number of hydrogen-bond acceptors (Lipinski definition) is 3. The van der Waals surface area contributed by atoms with Gasteiger partial charge in [-0.3, -0.25) is 4.90 Å². The molecule has 1 aromatic carbocycles. The van der Waals surface area contributed by atoms with Crippen molar-refractivity contribution in [1.82, 2.24) is 4.90 Å². The Morgan fingerprint density at radius 3 is 2.79 bits per heavy atom. The molecule has 2 atom stereocenters. The van der Waals surface area contributed by atoms with Crippen LogP contribution in [0.2, 0.25) is 0 Å². The molecule has 104 valence electrons. The van der Waals surface area contributed by atoms with Crippen molar-refractivity contribution in [2.45, 2.75) is 19.4 Å². The Labute approximate surface area is 112 Å². The van der Waals surface area contributed by atoms with E-state index >= 15 is 0 Å². The SMILES string of the molecule is Cc1cc(F)c(C2CC(CN)CN2C)cc1C(=O)O. The van der Waals surface area contributed by atoms with Crippen molar-refractivity contribution >= 4 is 5.97 Å². The second kappa shape index (κ2) is 5.27. The predicted octanol–water partition coefficient (Wildman–Crippen LogP) is 1.78. The molecule has 4 nitrogen and oxygen atoms in total. The minimum Gasteiger partial charge on any atom is -0.478 e. The molecule has 1 heterocycles. The molecule has 5 heteroatoms. The quantitative estimate of drug-likeness (QED) is 0.875. The van der Waals surface area contributed by atoms with Gasteiger partial charge in [-0.15, -0.1) is 0 Å². The molecule has 3 N–H and O–H groups in total. The molecule has 0 radical (unpaired) electrons. The van der Waals surface area contributed by atoms with Gasteiger partial charge >= 0.3 is 5.97 Å². The number of halogens is 1. The van der Waals surface area contributed by atoms with Gasteiger partial charge in [0.05, 0.1) is 5.56 Å². The van der Waals surface area contributed by atoms with Gasteiger partial charge in [-0.05, 0) is 50.6 Å². The molecule has 0 aliphatic carbocycles. The number of likely N-dealkylation sites (tertiary alicyclic amines) is 1. The molecular weight excluding hydrogens is 247 g/mol. The van der Waals surface area contributed by atoms with E-state index in [0.29, 0.717) is 23.6 Å². The van der Waals surface area contributed by atoms with Crippen molar-refractivity contribution in [1.29, 1.82) is 0 Å². The van der Waals surface area contributed by atoms with Crippen molar-refractivity contribution < 1.29 is 14.3 Å². The van der Waals surface area contributed by atoms with E-state index in [4.69, 9.17) is 10.8 Å². The molecular formula is C14H19FN2O2. The molecule has 0 aromatic heterocycles. The predicted molar refractivity (Wildman–Crippen MR) is 70.6 cm³/mol. The molecule has 1 saturated heterocycles. The number of nitrogens with two attached hydrogens (primary N) is 1. The summed E-state index contributed by atoms with van der Waals surface area (Å²) < 4.78 is 14.1. The van der Waals surface area contributed by atoms with Crippen LogP contribution < -0.4 is 5.73 Å². The van der Waals surface area contributed by atoms with E-state index < -0.39 is 5.97 Å². The van der Waals surface area contributed by atoms with Crippen LogP contribution in [0.15, 0.2) is 12.1 Å². The summed E-state index contributed by atoms with van der Waals surface area (Å²) in [6.07, 6.45) is 0.770. The molecule has 2 unspecified atom stereocenters. The molecule has 1 aliphatic rings. The van der Waals surface area contributed by atoms with Crippen molar-refractivity contribution in [3.63, 3.8) is 0 Å². The molecule has 0 amide bonds. The summed E-state index contributed by atoms with van der Waals surface area (Å²) in [6, 6.07) is 2.68. The van der Waals surface area contributed by atoms with E-state index in [1.54, 1.807) is 6.92 Å². The lowest BCUT2D eigenvalue weighted by molar-refractivity contribution is 0.0695. The second-order valence-corrected chi connectivity index (χ2v) is 5.29. The number of hydrogen-bond donors (Lipinski definition) is 2. The topological polar surface area (TPSA) is 66.6 Å². The standard InChI is InChI=1S/C14H19FN2O2/c1-8-3-12(15)11(5-10(8)14(18)19)13-4-9(6-16)7-17(13)2/h3,5,9,13H,4,6-7,16H2,1-2H3,(H,18,19). The number of carbonyl (C=O) groups is 1. The minimum atomic E-state index is -1.02. The van der Waals surface area contributed by atoms with Crippen LogP contribution in [0.5, 0.6) is 0 Å². The number of carboxylic acids is 1. The zero-order chi connectivity index (χ0) is 14.2. The maximum atomic E-state index is 14.1. The molecule has 0 bridgehead atoms. The fraction of sp³-hybridized carbons (Fsp3) is 0.500. The van der Waals surface area contributed by atoms with Gasteiger partial charge in [-0.1, -0.05) is 0 Å². The Kier molecular flexibility index (Phi) is 3.87. The minimum absolute atomic E-state index is 0.0905. The Morgan fingerprint density at radius 1 is 1.58 bits per heavy atom. The highest BCUT2D eigenvalue weighted by molar-refractivity contribution is 5.89. The Morgan fingerprint density at radius 2 is 2.26 bits per heavy atom. The van der Waals surface area contributed by atoms with E-state index in [0.717, 1.165) is 13.0 Å². The van der Waals surface area contributed by atoms with Gasteiger partial charge in [0.2, 0.25) is 0 Å². The summed E-state index contributed by atoms with van der Waals surface area (Å²) in [6.45, 7) is 2.99. The first kappa shape index (κ1) is 14.0. The number of aryl methyl sites for hydroxylation is 1. The van der Waals surface area contributed by atoms with Gasteiger partial charge in [0.1, 0.15) is 5.82 Å². The smallest absolute Gasteiger partial charge is 0.335 e. The monoisotopic (exact) mass is 266 g/mol. The number of rotatable bonds is 3. The summed E-state index contributed by atoms with van der Waals surface area (Å²) in [5, 5.41) is 9.13. The van der Waals surface area contributed by atoms with Crippen LogP contribution in [0.25, 0.3) is 0 Å². The highest BCUT2D eigenvalue weighted by atomic mass is 19.1. The van der Waals surface area contributed by atoms with Crippen LogP contribution >= 0.6 is 0 Å². The van der Waals surface area contributed by atoms with E-state index in [1.807, 2.05) is 11.9 Å². The first-order valence-corrected chi connectivity index (χ1v) is 6.37. The fourth-order valence-corrected chi connectivity index (χ4v) is 2.82. The van der Waals surface area contributed by atoms with Gasteiger partial charge in [-0.25, -0.2) is 9.18 Å². The summed E-state index contributed by atoms with van der Waals surface area (Å²) in [7, 11) is 1.92. The van der Waals surface area contributed by atoms with Crippen LogP contribution in [0.3, 0.4) is 0 Å². The maximum absolute atomic E-state index is 14.1. The molecule has 0 saturated carbocycles. The molecule has 1 fully saturated rings. The van der Waals surface area contributed by atoms with E-state index in [9.17, 15) is 9.18 Å². The first-order valence-electron chi connectivity index (χ1n) is 6.37. The molecule has 2 rings (SSSR count). The Hall–Kier alpha value is -1.46. The average Bonchev–Trinajstić information content (AvgIpc) is 2.70. The third-order valence-corrected chi connectivity index (χ3v) is 3.90. The summed E-state index contributed by atoms with van der Waals surface area (Å²) >= 11 is 0. The number of aromatic carboxylic acids is 1. The largest absolute Gasteiger partial charge is 0.478 e. The van der Waals surface area contributed by atoms with Gasteiger partial charge in [0.25, 0.3) is 0 Å². The molecule has 1 aliphatic heterocycles. The van der Waals surface area contributed by atoms with Gasteiger partial charge < -0.3 is 10.8 Å². The van der Waals surface area contributed by atoms with E-state index in [-0.39, 0.29) is 17.4 Å². The maximum Gasteiger partial charge on any atom is 0.335 e. The zero-order valence-corrected chi connectivity index (χ0v) is 11.2. The third kappa shape index (κ3) is 2.62. The van der Waals surface area contributed by atoms with Crippen molar-refractivity contribution in [3.05, 3.63) is 34.6 Å². The Balaban J connectivity index is 2.39. The van der Waals surface area contributed by atoms with Gasteiger partial charge in [0.15, 0.2) is 0 Å². The average molecular weight is 266 g/mol. The summed E-state index contributed by atoms with van der Waals surface area (Å²) in [5.41, 5.74) is 6.74. The second-order valence-electron chi connectivity index (χ2n) is 5.29. The van der Waals surface area contributed by atoms with Crippen molar-refractivity contribution in [3.8, 4) is 0 Å². The molecule has 0 spiro atoms. The van der Waals surface area contributed by atoms with Gasteiger partial charge in [0, 0.05) is 18.2 Å². The first-order chi connectivity index (χ1) is 8.93. The highest BCUT2D eigenvalue weighted by Crippen LogP contribution is 2.35. The molecule has 19 heavy (non-hydrogen) atoms. The van der Waals surface area contributed by atoms with E-state index in [2.05, 4.69) is 0 Å². The van der Waals surface area contributed by atoms with E-state index in [1.165, 1.54) is 12.1 Å². The summed E-state index contributed by atoms with van der Waals surface area (Å²) in [5.74, 6) is -1.02. The normalized spacial score (nSPS) is 23.8. The zero-order valence-electron chi connectivity index (χ0n) is 11.2. The highest BCUT2D eigenvalue weighted by Gasteiger charge is 2.32. The Bertz CT molecular complexity index is 504. The number of carboxylic acid groups (broad SMARTS) is 1. The number of nitrogens with zero attached hydrogens (tertiary/aromatic N) is 1. The van der Waals surface area contributed by atoms with Crippen LogP contribution in [-0.4, -0.2) is 36.1 Å². The lowest BCUT2D eigenvalue weighted by Gasteiger charge is -2.21. The van der Waals surface area contributed by atoms with Crippen LogP contribution in [0, 0.1) is 18.7 Å². The van der Waals surface area contributed by atoms with Crippen molar-refractivity contribution in [2.24, 2.45) is 11.7 Å². The van der Waals surface area contributed by atoms with Crippen LogP contribution in [-0.2, 0) is 0 Å². The lowest BCUT2D eigenvalue weighted by Crippen LogP contribution is -2.21. The lowest BCUT2D eigenvalue weighted by atomic mass is 9.96. The fourth-order valence-electron chi connectivity index (χ4n) is 2.82. The summed E-state index contributed by atoms with van der Waals surface area (Å²) in [4.78, 5) is 13.2. The van der Waals surface area contributed by atoms with Crippen LogP contribution in [0.4, 0.5) is 4.39 Å². The number of benzene rings is 1. The van der Waals surface area contributed by atoms with Gasteiger partial charge in [-0.2, -0.15) is 0 Å². The van der Waals surface area contributed by atoms with Crippen molar-refractivity contribution in [2.75, 3.05) is 20.1 Å².